The van der Waals surface area contributed by atoms with Crippen LogP contribution in [0.3, 0.4) is 0 Å². The number of hydrogen-bond acceptors (Lipinski definition) is 3. The second kappa shape index (κ2) is 7.15. The minimum absolute atomic E-state index is 0.515. The van der Waals surface area contributed by atoms with E-state index in [4.69, 9.17) is 4.42 Å². The summed E-state index contributed by atoms with van der Waals surface area (Å²) in [5, 5.41) is 3.43. The van der Waals surface area contributed by atoms with Crippen LogP contribution in [-0.4, -0.2) is 12.6 Å². The smallest absolute Gasteiger partial charge is 0.123 e. The fraction of sp³-hybridized carbons (Fsp3) is 0.412. The molecule has 0 aliphatic rings. The number of nitrogens with one attached hydrogen (secondary N) is 1. The molecule has 1 aromatic heterocycles. The molecule has 108 valence electrons. The summed E-state index contributed by atoms with van der Waals surface area (Å²) in [5.74, 6) is 0.998. The number of furan rings is 1. The van der Waals surface area contributed by atoms with Gasteiger partial charge in [-0.3, -0.25) is 0 Å². The van der Waals surface area contributed by atoms with Crippen molar-refractivity contribution in [3.8, 4) is 0 Å². The molecule has 0 spiro atoms. The lowest BCUT2D eigenvalue weighted by Gasteiger charge is -2.22. The molecule has 0 bridgehead atoms. The predicted molar refractivity (Wildman–Crippen MR) is 83.8 cm³/mol. The zero-order valence-electron chi connectivity index (χ0n) is 12.6. The van der Waals surface area contributed by atoms with Crippen molar-refractivity contribution >= 4 is 5.69 Å². The molecule has 1 heterocycles. The molecule has 1 N–H and O–H groups in total. The van der Waals surface area contributed by atoms with Crippen LogP contribution in [0.5, 0.6) is 0 Å². The van der Waals surface area contributed by atoms with E-state index in [-0.39, 0.29) is 0 Å². The first kappa shape index (κ1) is 14.7. The van der Waals surface area contributed by atoms with E-state index in [2.05, 4.69) is 55.3 Å². The summed E-state index contributed by atoms with van der Waals surface area (Å²) in [6.45, 7) is 9.18. The first-order chi connectivity index (χ1) is 9.69. The van der Waals surface area contributed by atoms with Gasteiger partial charge in [0.2, 0.25) is 0 Å². The molecule has 2 aromatic rings. The molecular weight excluding hydrogens is 248 g/mol. The average molecular weight is 272 g/mol. The van der Waals surface area contributed by atoms with Gasteiger partial charge in [0.1, 0.15) is 5.76 Å². The minimum Gasteiger partial charge on any atom is -0.467 e. The molecule has 0 aliphatic heterocycles. The van der Waals surface area contributed by atoms with Gasteiger partial charge in [0, 0.05) is 24.8 Å². The van der Waals surface area contributed by atoms with Crippen molar-refractivity contribution in [3.63, 3.8) is 0 Å². The molecule has 3 heteroatoms. The van der Waals surface area contributed by atoms with Crippen molar-refractivity contribution in [3.05, 3.63) is 54.0 Å². The van der Waals surface area contributed by atoms with E-state index in [0.29, 0.717) is 6.04 Å². The molecule has 2 rings (SSSR count). The molecule has 0 radical (unpaired) electrons. The highest BCUT2D eigenvalue weighted by Crippen LogP contribution is 2.18. The number of hydrogen-bond donors (Lipinski definition) is 1. The molecule has 0 unspecified atom stereocenters. The Kier molecular flexibility index (Phi) is 5.24. The summed E-state index contributed by atoms with van der Waals surface area (Å²) >= 11 is 0. The summed E-state index contributed by atoms with van der Waals surface area (Å²) in [6.07, 6.45) is 1.73. The number of nitrogens with zero attached hydrogens (tertiary/aromatic N) is 1. The lowest BCUT2D eigenvalue weighted by molar-refractivity contribution is 0.503. The van der Waals surface area contributed by atoms with Gasteiger partial charge >= 0.3 is 0 Å². The largest absolute Gasteiger partial charge is 0.467 e. The van der Waals surface area contributed by atoms with E-state index >= 15 is 0 Å². The van der Waals surface area contributed by atoms with E-state index < -0.39 is 0 Å². The molecule has 0 atom stereocenters. The maximum absolute atomic E-state index is 5.42. The lowest BCUT2D eigenvalue weighted by atomic mass is 10.2. The van der Waals surface area contributed by atoms with Crippen molar-refractivity contribution in [2.45, 2.75) is 39.9 Å². The minimum atomic E-state index is 0.515. The van der Waals surface area contributed by atoms with Gasteiger partial charge in [0.15, 0.2) is 0 Å². The van der Waals surface area contributed by atoms with Gasteiger partial charge in [-0.25, -0.2) is 0 Å². The normalized spacial score (nSPS) is 11.0. The first-order valence-electron chi connectivity index (χ1n) is 7.28. The lowest BCUT2D eigenvalue weighted by Crippen LogP contribution is -2.23. The Balaban J connectivity index is 1.99. The van der Waals surface area contributed by atoms with Gasteiger partial charge in [-0.15, -0.1) is 0 Å². The molecule has 3 nitrogen and oxygen atoms in total. The highest BCUT2D eigenvalue weighted by Gasteiger charge is 2.07. The standard InChI is InChI=1S/C17H24N2O/c1-4-19(13-17-6-5-11-20-17)16-9-7-15(8-10-16)12-18-14(2)3/h5-11,14,18H,4,12-13H2,1-3H3. The zero-order chi connectivity index (χ0) is 14.4. The first-order valence-corrected chi connectivity index (χ1v) is 7.28. The van der Waals surface area contributed by atoms with Crippen LogP contribution >= 0.6 is 0 Å². The van der Waals surface area contributed by atoms with Crippen LogP contribution in [0.4, 0.5) is 5.69 Å². The van der Waals surface area contributed by atoms with E-state index in [1.807, 2.05) is 12.1 Å². The van der Waals surface area contributed by atoms with Crippen LogP contribution in [-0.2, 0) is 13.1 Å². The van der Waals surface area contributed by atoms with Crippen LogP contribution < -0.4 is 10.2 Å². The molecule has 0 fully saturated rings. The molecule has 1 aromatic carbocycles. The molecule has 0 aliphatic carbocycles. The third kappa shape index (κ3) is 4.14. The Morgan fingerprint density at radius 3 is 2.45 bits per heavy atom. The van der Waals surface area contributed by atoms with Crippen LogP contribution in [0.2, 0.25) is 0 Å². The Morgan fingerprint density at radius 2 is 1.90 bits per heavy atom. The molecule has 20 heavy (non-hydrogen) atoms. The maximum Gasteiger partial charge on any atom is 0.123 e. The summed E-state index contributed by atoms with van der Waals surface area (Å²) in [7, 11) is 0. The van der Waals surface area contributed by atoms with E-state index in [9.17, 15) is 0 Å². The van der Waals surface area contributed by atoms with Crippen LogP contribution in [0.25, 0.3) is 0 Å². The third-order valence-corrected chi connectivity index (χ3v) is 3.32. The van der Waals surface area contributed by atoms with E-state index in [0.717, 1.165) is 25.4 Å². The van der Waals surface area contributed by atoms with Gasteiger partial charge in [0.05, 0.1) is 12.8 Å². The van der Waals surface area contributed by atoms with Gasteiger partial charge in [0.25, 0.3) is 0 Å². The number of benzene rings is 1. The Bertz CT molecular complexity index is 488. The Morgan fingerprint density at radius 1 is 1.15 bits per heavy atom. The summed E-state index contributed by atoms with van der Waals surface area (Å²) in [4.78, 5) is 2.30. The van der Waals surface area contributed by atoms with Crippen LogP contribution in [0.1, 0.15) is 32.1 Å². The van der Waals surface area contributed by atoms with Crippen LogP contribution in [0.15, 0.2) is 47.1 Å². The van der Waals surface area contributed by atoms with Crippen molar-refractivity contribution in [1.82, 2.24) is 5.32 Å². The Labute approximate surface area is 121 Å². The fourth-order valence-electron chi connectivity index (χ4n) is 2.12. The summed E-state index contributed by atoms with van der Waals surface area (Å²) in [5.41, 5.74) is 2.55. The molecular formula is C17H24N2O. The second-order valence-corrected chi connectivity index (χ2v) is 5.30. The van der Waals surface area contributed by atoms with Gasteiger partial charge in [-0.05, 0) is 36.8 Å². The second-order valence-electron chi connectivity index (χ2n) is 5.30. The van der Waals surface area contributed by atoms with Crippen molar-refractivity contribution in [2.24, 2.45) is 0 Å². The fourth-order valence-corrected chi connectivity index (χ4v) is 2.12. The topological polar surface area (TPSA) is 28.4 Å². The maximum atomic E-state index is 5.42. The van der Waals surface area contributed by atoms with Crippen molar-refractivity contribution in [2.75, 3.05) is 11.4 Å². The SMILES string of the molecule is CCN(Cc1ccco1)c1ccc(CNC(C)C)cc1. The highest BCUT2D eigenvalue weighted by molar-refractivity contribution is 5.47. The Hall–Kier alpha value is -1.74. The third-order valence-electron chi connectivity index (χ3n) is 3.32. The van der Waals surface area contributed by atoms with Crippen molar-refractivity contribution in [1.29, 1.82) is 0 Å². The molecule has 0 saturated carbocycles. The molecule has 0 saturated heterocycles. The predicted octanol–water partition coefficient (Wildman–Crippen LogP) is 3.80. The van der Waals surface area contributed by atoms with Gasteiger partial charge in [-0.1, -0.05) is 26.0 Å². The van der Waals surface area contributed by atoms with E-state index in [1.165, 1.54) is 11.3 Å². The van der Waals surface area contributed by atoms with Crippen molar-refractivity contribution < 1.29 is 4.42 Å². The van der Waals surface area contributed by atoms with Crippen LogP contribution in [0, 0.1) is 0 Å². The number of rotatable bonds is 7. The van der Waals surface area contributed by atoms with E-state index in [1.54, 1.807) is 6.26 Å². The number of anilines is 1. The zero-order valence-corrected chi connectivity index (χ0v) is 12.6. The summed E-state index contributed by atoms with van der Waals surface area (Å²) < 4.78 is 5.42. The molecule has 0 amide bonds. The monoisotopic (exact) mass is 272 g/mol. The van der Waals surface area contributed by atoms with Gasteiger partial charge in [-0.2, -0.15) is 0 Å². The summed E-state index contributed by atoms with van der Waals surface area (Å²) in [6, 6.07) is 13.2. The highest BCUT2D eigenvalue weighted by atomic mass is 16.3. The van der Waals surface area contributed by atoms with Gasteiger partial charge < -0.3 is 14.6 Å². The average Bonchev–Trinajstić information content (AvgIpc) is 2.96. The quantitative estimate of drug-likeness (QED) is 0.831.